The van der Waals surface area contributed by atoms with Gasteiger partial charge in [-0.3, -0.25) is 0 Å². The number of alkyl halides is 3. The molecule has 140 valence electrons. The van der Waals surface area contributed by atoms with Gasteiger partial charge in [-0.1, -0.05) is 13.0 Å². The van der Waals surface area contributed by atoms with Crippen LogP contribution in [0.3, 0.4) is 0 Å². The summed E-state index contributed by atoms with van der Waals surface area (Å²) in [5.74, 6) is 0.371. The molecule has 0 bridgehead atoms. The Morgan fingerprint density at radius 1 is 1.20 bits per heavy atom. The van der Waals surface area contributed by atoms with Gasteiger partial charge in [0.05, 0.1) is 6.10 Å². The van der Waals surface area contributed by atoms with Gasteiger partial charge < -0.3 is 15.7 Å². The van der Waals surface area contributed by atoms with Crippen LogP contribution in [-0.2, 0) is 0 Å². The Kier molecular flexibility index (Phi) is 6.21. The van der Waals surface area contributed by atoms with Crippen molar-refractivity contribution < 1.29 is 18.3 Å². The molecule has 2 rings (SSSR count). The molecule has 1 unspecified atom stereocenters. The Morgan fingerprint density at radius 2 is 1.84 bits per heavy atom. The van der Waals surface area contributed by atoms with Crippen LogP contribution in [0, 0.1) is 0 Å². The number of hydrogen-bond acceptors (Lipinski definition) is 6. The lowest BCUT2D eigenvalue weighted by molar-refractivity contribution is -0.143. The topological polar surface area (TPSA) is 83.0 Å². The molecule has 3 N–H and O–H groups in total. The highest BCUT2D eigenvalue weighted by atomic mass is 19.4. The molecule has 0 saturated carbocycles. The standard InChI is InChI=1S/C16H24F3N5O/c1-4-12(16(17,18)19)21-15-23-13(10-6-5-7-11(25)8-10)22-14(24-15)20-9(2)3/h6,9,11-12,25H,4-5,7-8H2,1-3H3,(H2,20,21,22,23,24)/t11?,12-/m1/s1. The zero-order chi connectivity index (χ0) is 18.6. The van der Waals surface area contributed by atoms with Crippen LogP contribution in [-0.4, -0.2) is 44.4 Å². The fourth-order valence-electron chi connectivity index (χ4n) is 2.55. The average molecular weight is 359 g/mol. The predicted molar refractivity (Wildman–Crippen MR) is 90.2 cm³/mol. The van der Waals surface area contributed by atoms with Crippen molar-refractivity contribution in [3.05, 3.63) is 11.9 Å². The van der Waals surface area contributed by atoms with Gasteiger partial charge in [-0.2, -0.15) is 28.1 Å². The Balaban J connectivity index is 2.35. The van der Waals surface area contributed by atoms with Crippen molar-refractivity contribution in [1.29, 1.82) is 0 Å². The summed E-state index contributed by atoms with van der Waals surface area (Å²) >= 11 is 0. The number of allylic oxidation sites excluding steroid dienone is 1. The molecule has 1 heterocycles. The van der Waals surface area contributed by atoms with Gasteiger partial charge in [-0.15, -0.1) is 0 Å². The summed E-state index contributed by atoms with van der Waals surface area (Å²) < 4.78 is 39.1. The Labute approximate surface area is 145 Å². The van der Waals surface area contributed by atoms with Gasteiger partial charge in [0, 0.05) is 12.5 Å². The smallest absolute Gasteiger partial charge is 0.393 e. The maximum Gasteiger partial charge on any atom is 0.408 e. The van der Waals surface area contributed by atoms with Crippen LogP contribution in [0.5, 0.6) is 0 Å². The first-order valence-electron chi connectivity index (χ1n) is 8.42. The summed E-state index contributed by atoms with van der Waals surface area (Å²) in [5, 5.41) is 15.2. The molecule has 0 saturated heterocycles. The lowest BCUT2D eigenvalue weighted by Crippen LogP contribution is -2.36. The van der Waals surface area contributed by atoms with Crippen molar-refractivity contribution in [2.45, 2.75) is 70.8 Å². The highest BCUT2D eigenvalue weighted by Gasteiger charge is 2.39. The van der Waals surface area contributed by atoms with Crippen LogP contribution >= 0.6 is 0 Å². The van der Waals surface area contributed by atoms with E-state index in [-0.39, 0.29) is 30.2 Å². The highest BCUT2D eigenvalue weighted by molar-refractivity contribution is 5.62. The summed E-state index contributed by atoms with van der Waals surface area (Å²) in [5.41, 5.74) is 0.719. The number of aliphatic hydroxyl groups is 1. The van der Waals surface area contributed by atoms with E-state index in [0.29, 0.717) is 19.3 Å². The van der Waals surface area contributed by atoms with Gasteiger partial charge in [-0.25, -0.2) is 0 Å². The lowest BCUT2D eigenvalue weighted by atomic mass is 9.96. The van der Waals surface area contributed by atoms with Gasteiger partial charge in [0.1, 0.15) is 6.04 Å². The summed E-state index contributed by atoms with van der Waals surface area (Å²) in [7, 11) is 0. The van der Waals surface area contributed by atoms with Crippen LogP contribution in [0.2, 0.25) is 0 Å². The van der Waals surface area contributed by atoms with Crippen LogP contribution in [0.1, 0.15) is 52.3 Å². The minimum Gasteiger partial charge on any atom is -0.393 e. The van der Waals surface area contributed by atoms with Gasteiger partial charge in [0.15, 0.2) is 5.82 Å². The van der Waals surface area contributed by atoms with E-state index < -0.39 is 18.3 Å². The largest absolute Gasteiger partial charge is 0.408 e. The van der Waals surface area contributed by atoms with E-state index in [1.807, 2.05) is 19.9 Å². The van der Waals surface area contributed by atoms with Crippen LogP contribution < -0.4 is 10.6 Å². The number of rotatable bonds is 6. The Hall–Kier alpha value is -1.90. The third-order valence-electron chi connectivity index (χ3n) is 3.79. The zero-order valence-corrected chi connectivity index (χ0v) is 14.6. The van der Waals surface area contributed by atoms with E-state index in [0.717, 1.165) is 5.57 Å². The number of hydrogen-bond donors (Lipinski definition) is 3. The minimum absolute atomic E-state index is 0.0126. The second-order valence-electron chi connectivity index (χ2n) is 6.42. The molecule has 0 fully saturated rings. The molecule has 1 aromatic heterocycles. The second-order valence-corrected chi connectivity index (χ2v) is 6.42. The van der Waals surface area contributed by atoms with E-state index in [4.69, 9.17) is 0 Å². The first-order chi connectivity index (χ1) is 11.7. The van der Waals surface area contributed by atoms with Gasteiger partial charge in [-0.05, 0) is 38.7 Å². The van der Waals surface area contributed by atoms with E-state index in [1.54, 1.807) is 0 Å². The molecular weight excluding hydrogens is 335 g/mol. The Bertz CT molecular complexity index is 618. The molecule has 0 aromatic carbocycles. The Morgan fingerprint density at radius 3 is 2.36 bits per heavy atom. The average Bonchev–Trinajstić information content (AvgIpc) is 2.50. The molecule has 0 aliphatic heterocycles. The van der Waals surface area contributed by atoms with Gasteiger partial charge >= 0.3 is 6.18 Å². The fraction of sp³-hybridized carbons (Fsp3) is 0.688. The SMILES string of the molecule is CC[C@@H](Nc1nc(NC(C)C)nc(C2=CCCC(O)C2)n1)C(F)(F)F. The van der Waals surface area contributed by atoms with Crippen molar-refractivity contribution in [3.63, 3.8) is 0 Å². The van der Waals surface area contributed by atoms with E-state index in [2.05, 4.69) is 25.6 Å². The third-order valence-corrected chi connectivity index (χ3v) is 3.79. The van der Waals surface area contributed by atoms with Crippen LogP contribution in [0.4, 0.5) is 25.1 Å². The molecule has 25 heavy (non-hydrogen) atoms. The van der Waals surface area contributed by atoms with Crippen molar-refractivity contribution in [2.75, 3.05) is 10.6 Å². The van der Waals surface area contributed by atoms with Crippen molar-refractivity contribution >= 4 is 17.5 Å². The predicted octanol–water partition coefficient (Wildman–Crippen LogP) is 3.37. The molecule has 6 nitrogen and oxygen atoms in total. The minimum atomic E-state index is -4.40. The molecule has 0 radical (unpaired) electrons. The number of anilines is 2. The number of halogens is 3. The van der Waals surface area contributed by atoms with Crippen LogP contribution in [0.15, 0.2) is 6.08 Å². The first kappa shape index (κ1) is 19.4. The molecule has 1 aromatic rings. The fourth-order valence-corrected chi connectivity index (χ4v) is 2.55. The summed E-state index contributed by atoms with van der Waals surface area (Å²) in [6.45, 7) is 5.20. The molecule has 0 spiro atoms. The molecule has 1 aliphatic rings. The van der Waals surface area contributed by atoms with Crippen molar-refractivity contribution in [2.24, 2.45) is 0 Å². The molecular formula is C16H24F3N5O. The third kappa shape index (κ3) is 5.55. The summed E-state index contributed by atoms with van der Waals surface area (Å²) in [4.78, 5) is 12.5. The second kappa shape index (κ2) is 7.99. The zero-order valence-electron chi connectivity index (χ0n) is 14.6. The number of aliphatic hydroxyl groups excluding tert-OH is 1. The van der Waals surface area contributed by atoms with Crippen LogP contribution in [0.25, 0.3) is 5.57 Å². The number of nitrogens with zero attached hydrogens (tertiary/aromatic N) is 3. The summed E-state index contributed by atoms with van der Waals surface area (Å²) in [6.07, 6.45) is -1.41. The maximum atomic E-state index is 13.0. The molecule has 0 amide bonds. The number of aromatic nitrogens is 3. The monoisotopic (exact) mass is 359 g/mol. The van der Waals surface area contributed by atoms with Gasteiger partial charge in [0.2, 0.25) is 11.9 Å². The summed E-state index contributed by atoms with van der Waals surface area (Å²) in [6, 6.07) is -1.72. The lowest BCUT2D eigenvalue weighted by Gasteiger charge is -2.22. The first-order valence-corrected chi connectivity index (χ1v) is 8.42. The van der Waals surface area contributed by atoms with E-state index in [9.17, 15) is 18.3 Å². The highest BCUT2D eigenvalue weighted by Crippen LogP contribution is 2.28. The van der Waals surface area contributed by atoms with Gasteiger partial charge in [0.25, 0.3) is 0 Å². The molecule has 9 heteroatoms. The molecule has 1 aliphatic carbocycles. The quantitative estimate of drug-likeness (QED) is 0.722. The maximum absolute atomic E-state index is 13.0. The normalized spacial score (nSPS) is 19.5. The number of nitrogens with one attached hydrogen (secondary N) is 2. The van der Waals surface area contributed by atoms with E-state index in [1.165, 1.54) is 6.92 Å². The molecule has 2 atom stereocenters. The van der Waals surface area contributed by atoms with Crippen molar-refractivity contribution in [3.8, 4) is 0 Å². The van der Waals surface area contributed by atoms with Crippen molar-refractivity contribution in [1.82, 2.24) is 15.0 Å². The van der Waals surface area contributed by atoms with E-state index >= 15 is 0 Å².